The first-order chi connectivity index (χ1) is 11.6. The Bertz CT molecular complexity index is 880. The molecule has 132 valence electrons. The summed E-state index contributed by atoms with van der Waals surface area (Å²) in [5, 5.41) is 5.12. The van der Waals surface area contributed by atoms with Crippen LogP contribution in [-0.2, 0) is 0 Å². The van der Waals surface area contributed by atoms with Gasteiger partial charge in [-0.2, -0.15) is 4.68 Å². The van der Waals surface area contributed by atoms with E-state index in [1.165, 1.54) is 4.68 Å². The van der Waals surface area contributed by atoms with Gasteiger partial charge in [0.15, 0.2) is 5.82 Å². The van der Waals surface area contributed by atoms with E-state index in [0.717, 1.165) is 48.0 Å². The van der Waals surface area contributed by atoms with Gasteiger partial charge in [0.25, 0.3) is 5.91 Å². The van der Waals surface area contributed by atoms with Crippen LogP contribution in [-0.4, -0.2) is 40.7 Å². The lowest BCUT2D eigenvalue weighted by molar-refractivity contribution is 0.0758. The van der Waals surface area contributed by atoms with Gasteiger partial charge < -0.3 is 15.1 Å². The van der Waals surface area contributed by atoms with Gasteiger partial charge in [-0.3, -0.25) is 4.79 Å². The number of piperidine rings is 1. The number of carbonyl (C=O) groups excluding carboxylic acids is 1. The van der Waals surface area contributed by atoms with Gasteiger partial charge >= 0.3 is 0 Å². The molecule has 1 fully saturated rings. The molecule has 25 heavy (non-hydrogen) atoms. The van der Waals surface area contributed by atoms with E-state index < -0.39 is 0 Å². The van der Waals surface area contributed by atoms with E-state index in [-0.39, 0.29) is 24.2 Å². The molecule has 2 aromatic heterocycles. The second-order valence-electron chi connectivity index (χ2n) is 6.46. The fraction of sp³-hybridized carbons (Fsp3) is 0.333. The van der Waals surface area contributed by atoms with Crippen LogP contribution in [0.15, 0.2) is 41.2 Å². The van der Waals surface area contributed by atoms with Crippen molar-refractivity contribution in [2.75, 3.05) is 25.9 Å². The molecule has 0 atom stereocenters. The smallest absolute Gasteiger partial charge is 0.250 e. The molecule has 0 amide bonds. The molecule has 0 radical (unpaired) electrons. The lowest BCUT2D eigenvalue weighted by Crippen LogP contribution is -2.35. The quantitative estimate of drug-likeness (QED) is 0.758. The number of nitrogens with zero attached hydrogens (tertiary/aromatic N) is 3. The van der Waals surface area contributed by atoms with Crippen LogP contribution < -0.4 is 5.73 Å². The molecule has 4 rings (SSSR count). The molecule has 1 saturated heterocycles. The largest absolute Gasteiger partial charge is 0.472 e. The summed E-state index contributed by atoms with van der Waals surface area (Å²) in [6, 6.07) is 7.73. The van der Waals surface area contributed by atoms with Gasteiger partial charge in [0.05, 0.1) is 18.0 Å². The highest BCUT2D eigenvalue weighted by atomic mass is 35.5. The fourth-order valence-corrected chi connectivity index (χ4v) is 3.34. The minimum atomic E-state index is 0. The third kappa shape index (κ3) is 3.15. The van der Waals surface area contributed by atoms with Crippen molar-refractivity contribution in [3.05, 3.63) is 36.8 Å². The number of furan rings is 1. The van der Waals surface area contributed by atoms with Crippen LogP contribution in [0.3, 0.4) is 0 Å². The number of fused-ring (bicyclic) bond motifs is 1. The van der Waals surface area contributed by atoms with Crippen LogP contribution in [0, 0.1) is 5.92 Å². The Morgan fingerprint density at radius 1 is 1.24 bits per heavy atom. The maximum Gasteiger partial charge on any atom is 0.250 e. The van der Waals surface area contributed by atoms with E-state index in [9.17, 15) is 4.79 Å². The third-order valence-corrected chi connectivity index (χ3v) is 4.84. The van der Waals surface area contributed by atoms with Crippen LogP contribution in [0.5, 0.6) is 0 Å². The molecule has 1 aliphatic heterocycles. The van der Waals surface area contributed by atoms with E-state index in [0.29, 0.717) is 5.82 Å². The van der Waals surface area contributed by atoms with Crippen LogP contribution in [0.2, 0.25) is 0 Å². The minimum absolute atomic E-state index is 0. The zero-order valence-corrected chi connectivity index (χ0v) is 14.8. The van der Waals surface area contributed by atoms with Crippen LogP contribution in [0.1, 0.15) is 17.6 Å². The van der Waals surface area contributed by atoms with Crippen molar-refractivity contribution in [1.29, 1.82) is 0 Å². The molecular formula is C18H21ClN4O2. The van der Waals surface area contributed by atoms with Gasteiger partial charge in [0.1, 0.15) is 0 Å². The monoisotopic (exact) mass is 360 g/mol. The molecule has 6 nitrogen and oxygen atoms in total. The Kier molecular flexibility index (Phi) is 4.83. The molecule has 1 aliphatic rings. The van der Waals surface area contributed by atoms with Gasteiger partial charge in [0.2, 0.25) is 0 Å². The summed E-state index contributed by atoms with van der Waals surface area (Å²) in [4.78, 5) is 15.2. The number of carbonyl (C=O) groups is 1. The number of benzene rings is 1. The number of nitrogen functional groups attached to an aromatic ring is 1. The average Bonchev–Trinajstić information content (AvgIpc) is 3.23. The highest BCUT2D eigenvalue weighted by Gasteiger charge is 2.27. The van der Waals surface area contributed by atoms with Gasteiger partial charge in [-0.05, 0) is 56.7 Å². The Morgan fingerprint density at radius 2 is 2.00 bits per heavy atom. The Hall–Kier alpha value is -2.31. The summed E-state index contributed by atoms with van der Waals surface area (Å²) in [5.41, 5.74) is 8.73. The summed E-state index contributed by atoms with van der Waals surface area (Å²) in [6.07, 6.45) is 5.04. The number of hydrogen-bond donors (Lipinski definition) is 1. The van der Waals surface area contributed by atoms with Gasteiger partial charge in [-0.1, -0.05) is 6.07 Å². The molecule has 0 aliphatic carbocycles. The lowest BCUT2D eigenvalue weighted by atomic mass is 9.96. The molecule has 7 heteroatoms. The number of halogens is 1. The highest BCUT2D eigenvalue weighted by Crippen LogP contribution is 2.29. The predicted octanol–water partition coefficient (Wildman–Crippen LogP) is 3.28. The van der Waals surface area contributed by atoms with E-state index in [1.54, 1.807) is 12.5 Å². The molecule has 2 N–H and O–H groups in total. The van der Waals surface area contributed by atoms with Crippen molar-refractivity contribution in [3.63, 3.8) is 0 Å². The molecule has 3 heterocycles. The zero-order valence-electron chi connectivity index (χ0n) is 14.0. The van der Waals surface area contributed by atoms with Crippen molar-refractivity contribution in [3.8, 4) is 11.1 Å². The van der Waals surface area contributed by atoms with Gasteiger partial charge in [-0.15, -0.1) is 17.5 Å². The summed E-state index contributed by atoms with van der Waals surface area (Å²) < 4.78 is 6.64. The number of rotatable bonds is 2. The highest BCUT2D eigenvalue weighted by molar-refractivity contribution is 5.99. The number of nitrogens with two attached hydrogens (primary N) is 1. The Balaban J connectivity index is 0.00000182. The Labute approximate surface area is 152 Å². The third-order valence-electron chi connectivity index (χ3n) is 4.84. The van der Waals surface area contributed by atoms with Crippen molar-refractivity contribution >= 4 is 35.0 Å². The van der Waals surface area contributed by atoms with E-state index in [4.69, 9.17) is 10.2 Å². The predicted molar refractivity (Wildman–Crippen MR) is 99.9 cm³/mol. The molecule has 0 spiro atoms. The number of aromatic nitrogens is 2. The van der Waals surface area contributed by atoms with Crippen molar-refractivity contribution < 1.29 is 9.21 Å². The van der Waals surface area contributed by atoms with Crippen molar-refractivity contribution in [2.45, 2.75) is 12.8 Å². The number of anilines is 1. The van der Waals surface area contributed by atoms with Gasteiger partial charge in [0, 0.05) is 16.9 Å². The number of likely N-dealkylation sites (tertiary alicyclic amines) is 1. The van der Waals surface area contributed by atoms with Crippen LogP contribution >= 0.6 is 12.4 Å². The summed E-state index contributed by atoms with van der Waals surface area (Å²) >= 11 is 0. The minimum Gasteiger partial charge on any atom is -0.472 e. The summed E-state index contributed by atoms with van der Waals surface area (Å²) in [5.74, 6) is 0.431. The van der Waals surface area contributed by atoms with E-state index >= 15 is 0 Å². The summed E-state index contributed by atoms with van der Waals surface area (Å²) in [6.45, 7) is 1.87. The molecule has 0 unspecified atom stereocenters. The fourth-order valence-electron chi connectivity index (χ4n) is 3.34. The van der Waals surface area contributed by atoms with Crippen LogP contribution in [0.4, 0.5) is 5.82 Å². The number of hydrogen-bond acceptors (Lipinski definition) is 5. The summed E-state index contributed by atoms with van der Waals surface area (Å²) in [7, 11) is 2.08. The standard InChI is InChI=1S/C18H20N4O2.ClH/c1-21-7-4-12(5-8-21)18(23)22-16-10-13(14-6-9-24-11-14)2-3-15(16)17(19)20-22;/h2-3,6,9-12H,4-5,7-8H2,1H3,(H2,19,20);1H. The first-order valence-corrected chi connectivity index (χ1v) is 8.17. The Morgan fingerprint density at radius 3 is 2.68 bits per heavy atom. The maximum atomic E-state index is 12.9. The normalized spacial score (nSPS) is 16.0. The van der Waals surface area contributed by atoms with E-state index in [2.05, 4.69) is 17.0 Å². The molecular weight excluding hydrogens is 340 g/mol. The first-order valence-electron chi connectivity index (χ1n) is 8.17. The van der Waals surface area contributed by atoms with Crippen molar-refractivity contribution in [2.24, 2.45) is 5.92 Å². The zero-order chi connectivity index (χ0) is 16.7. The molecule has 1 aromatic carbocycles. The molecule has 3 aromatic rings. The molecule has 0 saturated carbocycles. The maximum absolute atomic E-state index is 12.9. The van der Waals surface area contributed by atoms with Gasteiger partial charge in [-0.25, -0.2) is 0 Å². The topological polar surface area (TPSA) is 77.3 Å². The van der Waals surface area contributed by atoms with Crippen molar-refractivity contribution in [1.82, 2.24) is 14.7 Å². The second kappa shape index (κ2) is 6.90. The van der Waals surface area contributed by atoms with Crippen LogP contribution in [0.25, 0.3) is 22.0 Å². The average molecular weight is 361 g/mol. The lowest BCUT2D eigenvalue weighted by Gasteiger charge is -2.27. The SMILES string of the molecule is CN1CCC(C(=O)n2nc(N)c3ccc(-c4ccoc4)cc32)CC1.Cl. The van der Waals surface area contributed by atoms with E-state index in [1.807, 2.05) is 24.3 Å². The first kappa shape index (κ1) is 17.5. The molecule has 0 bridgehead atoms. The second-order valence-corrected chi connectivity index (χ2v) is 6.46.